The monoisotopic (exact) mass is 213 g/mol. The van der Waals surface area contributed by atoms with Crippen LogP contribution in [0.5, 0.6) is 5.75 Å². The van der Waals surface area contributed by atoms with Crippen LogP contribution in [0.4, 0.5) is 0 Å². The van der Waals surface area contributed by atoms with Crippen molar-refractivity contribution >= 4 is 15.9 Å². The van der Waals surface area contributed by atoms with Crippen LogP contribution in [0.25, 0.3) is 0 Å². The van der Waals surface area contributed by atoms with E-state index < -0.39 is 0 Å². The molecule has 59 valence electrons. The Balaban J connectivity index is 2.66. The standard InChI is InChI=1S/C9H10BrO/c1-2-11-9-5-3-8(7-10)4-6-9/h3-6H,1-2,7H2. The minimum Gasteiger partial charge on any atom is -0.494 e. The molecule has 0 aliphatic heterocycles. The average molecular weight is 214 g/mol. The zero-order valence-electron chi connectivity index (χ0n) is 6.22. The minimum absolute atomic E-state index is 0.480. The van der Waals surface area contributed by atoms with Crippen molar-refractivity contribution < 1.29 is 4.74 Å². The Kier molecular flexibility index (Phi) is 3.43. The molecule has 0 amide bonds. The Morgan fingerprint density at radius 1 is 1.27 bits per heavy atom. The third-order valence-corrected chi connectivity index (χ3v) is 1.99. The van der Waals surface area contributed by atoms with E-state index in [2.05, 4.69) is 22.9 Å². The van der Waals surface area contributed by atoms with Gasteiger partial charge < -0.3 is 4.74 Å². The van der Waals surface area contributed by atoms with Crippen molar-refractivity contribution in [2.45, 2.75) is 5.33 Å². The molecule has 0 spiro atoms. The van der Waals surface area contributed by atoms with Crippen molar-refractivity contribution in [3.05, 3.63) is 36.8 Å². The molecule has 0 heterocycles. The second kappa shape index (κ2) is 4.39. The fourth-order valence-electron chi connectivity index (χ4n) is 0.793. The largest absolute Gasteiger partial charge is 0.494 e. The Morgan fingerprint density at radius 3 is 2.36 bits per heavy atom. The van der Waals surface area contributed by atoms with Gasteiger partial charge in [0, 0.05) is 5.33 Å². The Morgan fingerprint density at radius 2 is 1.91 bits per heavy atom. The van der Waals surface area contributed by atoms with E-state index in [1.807, 2.05) is 24.3 Å². The van der Waals surface area contributed by atoms with Crippen LogP contribution in [0.1, 0.15) is 5.56 Å². The predicted molar refractivity (Wildman–Crippen MR) is 49.9 cm³/mol. The highest BCUT2D eigenvalue weighted by atomic mass is 79.9. The van der Waals surface area contributed by atoms with Gasteiger partial charge in [0.25, 0.3) is 0 Å². The van der Waals surface area contributed by atoms with E-state index in [1.165, 1.54) is 5.56 Å². The molecule has 1 nitrogen and oxygen atoms in total. The quantitative estimate of drug-likeness (QED) is 0.703. The summed E-state index contributed by atoms with van der Waals surface area (Å²) >= 11 is 3.37. The van der Waals surface area contributed by atoms with E-state index in [-0.39, 0.29) is 0 Å². The van der Waals surface area contributed by atoms with Gasteiger partial charge in [0.1, 0.15) is 5.75 Å². The summed E-state index contributed by atoms with van der Waals surface area (Å²) in [5, 5.41) is 0.887. The molecule has 2 heteroatoms. The maximum absolute atomic E-state index is 5.18. The summed E-state index contributed by atoms with van der Waals surface area (Å²) in [5.41, 5.74) is 1.25. The van der Waals surface area contributed by atoms with Gasteiger partial charge in [-0.1, -0.05) is 28.1 Å². The summed E-state index contributed by atoms with van der Waals surface area (Å²) in [6, 6.07) is 7.95. The van der Waals surface area contributed by atoms with Crippen LogP contribution in [-0.2, 0) is 5.33 Å². The topological polar surface area (TPSA) is 9.23 Å². The first-order valence-electron chi connectivity index (χ1n) is 3.43. The van der Waals surface area contributed by atoms with Crippen LogP contribution in [-0.4, -0.2) is 6.61 Å². The average Bonchev–Trinajstić information content (AvgIpc) is 2.07. The second-order valence-corrected chi connectivity index (χ2v) is 2.69. The van der Waals surface area contributed by atoms with Crippen LogP contribution in [0.15, 0.2) is 24.3 Å². The lowest BCUT2D eigenvalue weighted by atomic mass is 10.2. The van der Waals surface area contributed by atoms with Crippen molar-refractivity contribution in [1.29, 1.82) is 0 Å². The Hall–Kier alpha value is -0.500. The molecule has 0 saturated heterocycles. The van der Waals surface area contributed by atoms with Gasteiger partial charge in [0.2, 0.25) is 0 Å². The molecule has 1 rings (SSSR count). The van der Waals surface area contributed by atoms with Crippen molar-refractivity contribution in [3.8, 4) is 5.75 Å². The smallest absolute Gasteiger partial charge is 0.119 e. The highest BCUT2D eigenvalue weighted by Crippen LogP contribution is 2.13. The maximum atomic E-state index is 5.18. The molecule has 0 aliphatic rings. The summed E-state index contributed by atoms with van der Waals surface area (Å²) in [4.78, 5) is 0. The van der Waals surface area contributed by atoms with Gasteiger partial charge >= 0.3 is 0 Å². The first-order valence-corrected chi connectivity index (χ1v) is 4.56. The molecule has 0 N–H and O–H groups in total. The highest BCUT2D eigenvalue weighted by Gasteiger charge is 1.91. The number of halogens is 1. The first kappa shape index (κ1) is 8.60. The van der Waals surface area contributed by atoms with Gasteiger partial charge in [-0.15, -0.1) is 0 Å². The van der Waals surface area contributed by atoms with Gasteiger partial charge in [-0.25, -0.2) is 0 Å². The zero-order valence-corrected chi connectivity index (χ0v) is 7.80. The molecule has 0 fully saturated rings. The molecule has 0 unspecified atom stereocenters. The molecule has 0 saturated carbocycles. The zero-order chi connectivity index (χ0) is 8.10. The number of rotatable bonds is 3. The van der Waals surface area contributed by atoms with E-state index in [9.17, 15) is 0 Å². The molecule has 1 radical (unpaired) electrons. The number of ether oxygens (including phenoxy) is 1. The van der Waals surface area contributed by atoms with E-state index in [1.54, 1.807) is 0 Å². The lowest BCUT2D eigenvalue weighted by Gasteiger charge is -2.02. The maximum Gasteiger partial charge on any atom is 0.119 e. The van der Waals surface area contributed by atoms with Crippen molar-refractivity contribution in [2.24, 2.45) is 0 Å². The van der Waals surface area contributed by atoms with E-state index in [0.717, 1.165) is 11.1 Å². The fourth-order valence-corrected chi connectivity index (χ4v) is 1.17. The second-order valence-electron chi connectivity index (χ2n) is 2.13. The minimum atomic E-state index is 0.480. The lowest BCUT2D eigenvalue weighted by molar-refractivity contribution is 0.361. The number of alkyl halides is 1. The summed E-state index contributed by atoms with van der Waals surface area (Å²) < 4.78 is 5.18. The molecule has 1 aromatic rings. The normalized spacial score (nSPS) is 9.64. The summed E-state index contributed by atoms with van der Waals surface area (Å²) in [5.74, 6) is 0.879. The van der Waals surface area contributed by atoms with Gasteiger partial charge in [-0.3, -0.25) is 0 Å². The van der Waals surface area contributed by atoms with Gasteiger partial charge in [0.05, 0.1) is 6.61 Å². The molecule has 0 aliphatic carbocycles. The first-order chi connectivity index (χ1) is 5.36. The molecule has 0 atom stereocenters. The number of benzene rings is 1. The van der Waals surface area contributed by atoms with Crippen LogP contribution in [0.2, 0.25) is 0 Å². The number of hydrogen-bond donors (Lipinski definition) is 0. The third-order valence-electron chi connectivity index (χ3n) is 1.35. The van der Waals surface area contributed by atoms with Crippen molar-refractivity contribution in [3.63, 3.8) is 0 Å². The third kappa shape index (κ3) is 2.54. The Bertz CT molecular complexity index is 205. The highest BCUT2D eigenvalue weighted by molar-refractivity contribution is 9.08. The summed E-state index contributed by atoms with van der Waals surface area (Å²) in [6.45, 7) is 4.07. The lowest BCUT2D eigenvalue weighted by Crippen LogP contribution is -1.91. The van der Waals surface area contributed by atoms with E-state index in [0.29, 0.717) is 6.61 Å². The van der Waals surface area contributed by atoms with Gasteiger partial charge in [0.15, 0.2) is 0 Å². The summed E-state index contributed by atoms with van der Waals surface area (Å²) in [7, 11) is 0. The van der Waals surface area contributed by atoms with Crippen molar-refractivity contribution in [1.82, 2.24) is 0 Å². The van der Waals surface area contributed by atoms with Crippen molar-refractivity contribution in [2.75, 3.05) is 6.61 Å². The van der Waals surface area contributed by atoms with Crippen LogP contribution >= 0.6 is 15.9 Å². The van der Waals surface area contributed by atoms with E-state index >= 15 is 0 Å². The molecular weight excluding hydrogens is 204 g/mol. The number of hydrogen-bond acceptors (Lipinski definition) is 1. The van der Waals surface area contributed by atoms with E-state index in [4.69, 9.17) is 4.74 Å². The molecular formula is C9H10BrO. The van der Waals surface area contributed by atoms with Crippen LogP contribution in [0.3, 0.4) is 0 Å². The van der Waals surface area contributed by atoms with Gasteiger partial charge in [-0.2, -0.15) is 0 Å². The predicted octanol–water partition coefficient (Wildman–Crippen LogP) is 2.79. The van der Waals surface area contributed by atoms with Crippen LogP contribution in [0, 0.1) is 6.92 Å². The fraction of sp³-hybridized carbons (Fsp3) is 0.222. The van der Waals surface area contributed by atoms with Gasteiger partial charge in [-0.05, 0) is 24.6 Å². The SMILES string of the molecule is [CH2]COc1ccc(CBr)cc1. The molecule has 11 heavy (non-hydrogen) atoms. The molecule has 1 aromatic carbocycles. The van der Waals surface area contributed by atoms with Crippen LogP contribution < -0.4 is 4.74 Å². The summed E-state index contributed by atoms with van der Waals surface area (Å²) in [6.07, 6.45) is 0. The Labute approximate surface area is 75.5 Å². The molecule has 0 aromatic heterocycles. The molecule has 0 bridgehead atoms.